The third-order valence-electron chi connectivity index (χ3n) is 3.39. The van der Waals surface area contributed by atoms with E-state index in [1.165, 1.54) is 5.56 Å². The van der Waals surface area contributed by atoms with Crippen molar-refractivity contribution in [2.45, 2.75) is 44.8 Å². The lowest BCUT2D eigenvalue weighted by atomic mass is 10.1. The molecule has 1 N–H and O–H groups in total. The van der Waals surface area contributed by atoms with Crippen molar-refractivity contribution in [1.82, 2.24) is 5.32 Å². The van der Waals surface area contributed by atoms with E-state index in [9.17, 15) is 4.79 Å². The van der Waals surface area contributed by atoms with Crippen molar-refractivity contribution in [3.63, 3.8) is 0 Å². The van der Waals surface area contributed by atoms with Gasteiger partial charge < -0.3 is 10.1 Å². The first-order valence-electron chi connectivity index (χ1n) is 6.70. The molecule has 0 radical (unpaired) electrons. The summed E-state index contributed by atoms with van der Waals surface area (Å²) in [6.45, 7) is 2.85. The lowest BCUT2D eigenvalue weighted by molar-refractivity contribution is -0.122. The zero-order valence-electron chi connectivity index (χ0n) is 10.9. The molecule has 1 aliphatic rings. The summed E-state index contributed by atoms with van der Waals surface area (Å²) in [5, 5.41) is 3.03. The molecule has 0 bridgehead atoms. The maximum atomic E-state index is 11.8. The van der Waals surface area contributed by atoms with Gasteiger partial charge in [0.25, 0.3) is 0 Å². The molecule has 3 heteroatoms. The van der Waals surface area contributed by atoms with Crippen molar-refractivity contribution < 1.29 is 9.53 Å². The Morgan fingerprint density at radius 3 is 2.89 bits per heavy atom. The average Bonchev–Trinajstić information content (AvgIpc) is 2.91. The molecule has 1 fully saturated rings. The van der Waals surface area contributed by atoms with Gasteiger partial charge in [-0.15, -0.1) is 0 Å². The third kappa shape index (κ3) is 3.84. The quantitative estimate of drug-likeness (QED) is 0.867. The zero-order valence-corrected chi connectivity index (χ0v) is 10.9. The number of nitrogens with one attached hydrogen (secondary N) is 1. The summed E-state index contributed by atoms with van der Waals surface area (Å²) in [5.41, 5.74) is 1.21. The molecule has 1 aromatic carbocycles. The Morgan fingerprint density at radius 2 is 2.22 bits per heavy atom. The van der Waals surface area contributed by atoms with Crippen molar-refractivity contribution in [2.24, 2.45) is 0 Å². The molecule has 3 nitrogen and oxygen atoms in total. The molecule has 0 unspecified atom stereocenters. The second-order valence-corrected chi connectivity index (χ2v) is 4.89. The minimum atomic E-state index is 0.113. The number of hydrogen-bond donors (Lipinski definition) is 1. The molecular weight excluding hydrogens is 226 g/mol. The Morgan fingerprint density at radius 1 is 1.44 bits per heavy atom. The monoisotopic (exact) mass is 247 g/mol. The van der Waals surface area contributed by atoms with Crippen LogP contribution in [0, 0.1) is 0 Å². The largest absolute Gasteiger partial charge is 0.376 e. The van der Waals surface area contributed by atoms with E-state index in [1.807, 2.05) is 25.1 Å². The van der Waals surface area contributed by atoms with Crippen molar-refractivity contribution in [3.05, 3.63) is 35.9 Å². The topological polar surface area (TPSA) is 38.3 Å². The van der Waals surface area contributed by atoms with Gasteiger partial charge in [0.2, 0.25) is 5.91 Å². The molecule has 1 aromatic rings. The predicted molar refractivity (Wildman–Crippen MR) is 71.3 cm³/mol. The molecule has 1 heterocycles. The summed E-state index contributed by atoms with van der Waals surface area (Å²) in [6.07, 6.45) is 3.70. The van der Waals surface area contributed by atoms with Crippen LogP contribution < -0.4 is 5.32 Å². The Hall–Kier alpha value is -1.35. The summed E-state index contributed by atoms with van der Waals surface area (Å²) >= 11 is 0. The maximum absolute atomic E-state index is 11.8. The Balaban J connectivity index is 1.71. The van der Waals surface area contributed by atoms with E-state index in [0.29, 0.717) is 6.42 Å². The van der Waals surface area contributed by atoms with Crippen LogP contribution in [0.3, 0.4) is 0 Å². The van der Waals surface area contributed by atoms with E-state index in [2.05, 4.69) is 17.4 Å². The number of amides is 1. The molecule has 98 valence electrons. The van der Waals surface area contributed by atoms with Crippen LogP contribution in [0.4, 0.5) is 0 Å². The first kappa shape index (κ1) is 13.1. The first-order valence-corrected chi connectivity index (χ1v) is 6.70. The summed E-state index contributed by atoms with van der Waals surface area (Å²) in [4.78, 5) is 11.8. The van der Waals surface area contributed by atoms with E-state index in [1.54, 1.807) is 0 Å². The number of hydrogen-bond acceptors (Lipinski definition) is 2. The minimum Gasteiger partial charge on any atom is -0.376 e. The van der Waals surface area contributed by atoms with Crippen molar-refractivity contribution >= 4 is 5.91 Å². The van der Waals surface area contributed by atoms with Gasteiger partial charge in [0.1, 0.15) is 0 Å². The predicted octanol–water partition coefficient (Wildman–Crippen LogP) is 2.30. The number of ether oxygens (including phenoxy) is 1. The molecular formula is C15H21NO2. The van der Waals surface area contributed by atoms with Crippen LogP contribution in [0.15, 0.2) is 30.3 Å². The maximum Gasteiger partial charge on any atom is 0.220 e. The normalized spacial score (nSPS) is 20.6. The highest BCUT2D eigenvalue weighted by atomic mass is 16.5. The Bertz CT molecular complexity index is 371. The molecule has 1 saturated heterocycles. The molecule has 0 saturated carbocycles. The van der Waals surface area contributed by atoms with E-state index in [4.69, 9.17) is 4.74 Å². The lowest BCUT2D eigenvalue weighted by Gasteiger charge is -2.19. The Labute approximate surface area is 109 Å². The minimum absolute atomic E-state index is 0.113. The van der Waals surface area contributed by atoms with E-state index in [-0.39, 0.29) is 18.1 Å². The van der Waals surface area contributed by atoms with Gasteiger partial charge >= 0.3 is 0 Å². The molecule has 1 amide bonds. The van der Waals surface area contributed by atoms with E-state index in [0.717, 1.165) is 25.9 Å². The van der Waals surface area contributed by atoms with E-state index >= 15 is 0 Å². The summed E-state index contributed by atoms with van der Waals surface area (Å²) in [7, 11) is 0. The number of rotatable bonds is 5. The van der Waals surface area contributed by atoms with Gasteiger partial charge in [0.05, 0.1) is 12.1 Å². The van der Waals surface area contributed by atoms with Gasteiger partial charge in [0, 0.05) is 13.0 Å². The summed E-state index contributed by atoms with van der Waals surface area (Å²) in [5.74, 6) is 0.113. The van der Waals surface area contributed by atoms with Crippen molar-refractivity contribution in [3.8, 4) is 0 Å². The van der Waals surface area contributed by atoms with Crippen LogP contribution in [-0.2, 0) is 16.0 Å². The number of aryl methyl sites for hydroxylation is 1. The molecule has 18 heavy (non-hydrogen) atoms. The Kier molecular flexibility index (Phi) is 4.76. The second kappa shape index (κ2) is 6.55. The molecule has 0 aromatic heterocycles. The van der Waals surface area contributed by atoms with Crippen LogP contribution in [0.1, 0.15) is 31.7 Å². The lowest BCUT2D eigenvalue weighted by Crippen LogP contribution is -2.40. The van der Waals surface area contributed by atoms with Crippen LogP contribution in [0.25, 0.3) is 0 Å². The van der Waals surface area contributed by atoms with Gasteiger partial charge in [0.15, 0.2) is 0 Å². The summed E-state index contributed by atoms with van der Waals surface area (Å²) in [6, 6.07) is 10.2. The molecule has 0 spiro atoms. The zero-order chi connectivity index (χ0) is 12.8. The van der Waals surface area contributed by atoms with Gasteiger partial charge in [-0.05, 0) is 31.7 Å². The van der Waals surface area contributed by atoms with Gasteiger partial charge in [-0.1, -0.05) is 30.3 Å². The number of carbonyl (C=O) groups excluding carboxylic acids is 1. The van der Waals surface area contributed by atoms with Gasteiger partial charge in [-0.3, -0.25) is 4.79 Å². The number of carbonyl (C=O) groups is 1. The van der Waals surface area contributed by atoms with Crippen LogP contribution in [0.2, 0.25) is 0 Å². The second-order valence-electron chi connectivity index (χ2n) is 4.89. The number of benzene rings is 1. The molecule has 2 atom stereocenters. The fourth-order valence-electron chi connectivity index (χ4n) is 2.32. The fraction of sp³-hybridized carbons (Fsp3) is 0.533. The van der Waals surface area contributed by atoms with Crippen LogP contribution in [-0.4, -0.2) is 24.7 Å². The summed E-state index contributed by atoms with van der Waals surface area (Å²) < 4.78 is 5.56. The van der Waals surface area contributed by atoms with Crippen LogP contribution in [0.5, 0.6) is 0 Å². The van der Waals surface area contributed by atoms with Crippen molar-refractivity contribution in [2.75, 3.05) is 6.61 Å². The van der Waals surface area contributed by atoms with Crippen molar-refractivity contribution in [1.29, 1.82) is 0 Å². The van der Waals surface area contributed by atoms with Crippen LogP contribution >= 0.6 is 0 Å². The average molecular weight is 247 g/mol. The molecule has 1 aliphatic heterocycles. The third-order valence-corrected chi connectivity index (χ3v) is 3.39. The van der Waals surface area contributed by atoms with Gasteiger partial charge in [-0.2, -0.15) is 0 Å². The highest BCUT2D eigenvalue weighted by Gasteiger charge is 2.23. The standard InChI is InChI=1S/C15H21NO2/c1-12(14-8-5-11-18-14)16-15(17)10-9-13-6-3-2-4-7-13/h2-4,6-7,12,14H,5,8-11H2,1H3,(H,16,17)/t12-,14+/m0/s1. The molecule has 0 aliphatic carbocycles. The molecule has 2 rings (SSSR count). The first-order chi connectivity index (χ1) is 8.75. The fourth-order valence-corrected chi connectivity index (χ4v) is 2.32. The smallest absolute Gasteiger partial charge is 0.220 e. The highest BCUT2D eigenvalue weighted by Crippen LogP contribution is 2.15. The van der Waals surface area contributed by atoms with E-state index < -0.39 is 0 Å². The SMILES string of the molecule is C[C@H](NC(=O)CCc1ccccc1)[C@H]1CCCO1. The van der Waals surface area contributed by atoms with Gasteiger partial charge in [-0.25, -0.2) is 0 Å². The highest BCUT2D eigenvalue weighted by molar-refractivity contribution is 5.76.